The zero-order valence-electron chi connectivity index (χ0n) is 12.2. The Morgan fingerprint density at radius 3 is 2.00 bits per heavy atom. The highest BCUT2D eigenvalue weighted by atomic mass is 32.2. The van der Waals surface area contributed by atoms with E-state index in [1.807, 2.05) is 0 Å². The third kappa shape index (κ3) is 6.04. The number of carbonyl (C=O) groups is 2. The van der Waals surface area contributed by atoms with Gasteiger partial charge in [0, 0.05) is 0 Å². The van der Waals surface area contributed by atoms with E-state index in [9.17, 15) is 18.0 Å². The molecule has 0 spiro atoms. The summed E-state index contributed by atoms with van der Waals surface area (Å²) in [7, 11) is -2.58. The van der Waals surface area contributed by atoms with E-state index in [-0.39, 0.29) is 0 Å². The van der Waals surface area contributed by atoms with Gasteiger partial charge < -0.3 is 9.47 Å². The van der Waals surface area contributed by atoms with E-state index in [0.29, 0.717) is 0 Å². The maximum atomic E-state index is 12.0. The monoisotopic (exact) mass is 294 g/mol. The van der Waals surface area contributed by atoms with Gasteiger partial charge in [0.1, 0.15) is 11.4 Å². The third-order valence-corrected chi connectivity index (χ3v) is 4.76. The van der Waals surface area contributed by atoms with Crippen LogP contribution in [0.2, 0.25) is 0 Å². The molecule has 0 aliphatic carbocycles. The van der Waals surface area contributed by atoms with E-state index in [4.69, 9.17) is 4.74 Å². The lowest BCUT2D eigenvalue weighted by Gasteiger charge is -2.21. The van der Waals surface area contributed by atoms with Gasteiger partial charge in [0.25, 0.3) is 0 Å². The Kier molecular flexibility index (Phi) is 5.99. The molecule has 0 rings (SSSR count). The molecule has 112 valence electrons. The average molecular weight is 294 g/mol. The van der Waals surface area contributed by atoms with Gasteiger partial charge in [-0.1, -0.05) is 6.92 Å². The van der Waals surface area contributed by atoms with Crippen LogP contribution in [0.25, 0.3) is 0 Å². The van der Waals surface area contributed by atoms with Crippen LogP contribution in [0.3, 0.4) is 0 Å². The van der Waals surface area contributed by atoms with Gasteiger partial charge in [-0.3, -0.25) is 9.59 Å². The van der Waals surface area contributed by atoms with Gasteiger partial charge in [0.05, 0.1) is 18.3 Å². The maximum absolute atomic E-state index is 12.0. The van der Waals surface area contributed by atoms with E-state index < -0.39 is 44.3 Å². The molecular weight excluding hydrogens is 272 g/mol. The Labute approximate surface area is 114 Å². The van der Waals surface area contributed by atoms with Crippen molar-refractivity contribution in [3.8, 4) is 0 Å². The summed E-state index contributed by atoms with van der Waals surface area (Å²) < 4.78 is 33.4. The van der Waals surface area contributed by atoms with Crippen LogP contribution in [-0.4, -0.2) is 44.1 Å². The second-order valence-electron chi connectivity index (χ2n) is 5.41. The van der Waals surface area contributed by atoms with Crippen LogP contribution in [-0.2, 0) is 28.9 Å². The number of sulfone groups is 1. The van der Waals surface area contributed by atoms with Crippen molar-refractivity contribution in [1.29, 1.82) is 0 Å². The zero-order chi connectivity index (χ0) is 15.4. The van der Waals surface area contributed by atoms with Crippen LogP contribution in [0.5, 0.6) is 0 Å². The molecule has 19 heavy (non-hydrogen) atoms. The van der Waals surface area contributed by atoms with Gasteiger partial charge in [-0.25, -0.2) is 8.42 Å². The van der Waals surface area contributed by atoms with Crippen molar-refractivity contribution in [1.82, 2.24) is 0 Å². The van der Waals surface area contributed by atoms with E-state index in [2.05, 4.69) is 4.74 Å². The molecule has 2 atom stereocenters. The average Bonchev–Trinajstić information content (AvgIpc) is 2.22. The van der Waals surface area contributed by atoms with Gasteiger partial charge in [0.15, 0.2) is 9.84 Å². The van der Waals surface area contributed by atoms with Crippen molar-refractivity contribution in [2.45, 2.75) is 45.5 Å². The Hall–Kier alpha value is -1.11. The first-order valence-electron chi connectivity index (χ1n) is 5.92. The Balaban J connectivity index is 4.81. The van der Waals surface area contributed by atoms with Gasteiger partial charge in [-0.15, -0.1) is 0 Å². The van der Waals surface area contributed by atoms with Gasteiger partial charge in [-0.05, 0) is 27.7 Å². The molecular formula is C12H22O6S. The summed E-state index contributed by atoms with van der Waals surface area (Å²) in [6.07, 6.45) is 0. The molecule has 0 bridgehead atoms. The van der Waals surface area contributed by atoms with Crippen molar-refractivity contribution in [2.75, 3.05) is 12.9 Å². The minimum atomic E-state index is -3.76. The molecule has 0 aromatic carbocycles. The van der Waals surface area contributed by atoms with Crippen LogP contribution in [0.4, 0.5) is 0 Å². The molecule has 6 nitrogen and oxygen atoms in total. The highest BCUT2D eigenvalue weighted by Gasteiger charge is 2.34. The second-order valence-corrected chi connectivity index (χ2v) is 7.77. The summed E-state index contributed by atoms with van der Waals surface area (Å²) in [5.74, 6) is -3.03. The minimum Gasteiger partial charge on any atom is -0.469 e. The number of carbonyl (C=O) groups excluding carboxylic acids is 2. The summed E-state index contributed by atoms with van der Waals surface area (Å²) in [5, 5.41) is -1.01. The molecule has 0 fully saturated rings. The fourth-order valence-electron chi connectivity index (χ4n) is 1.36. The highest BCUT2D eigenvalue weighted by molar-refractivity contribution is 7.92. The predicted molar refractivity (Wildman–Crippen MR) is 70.3 cm³/mol. The first-order chi connectivity index (χ1) is 8.40. The summed E-state index contributed by atoms with van der Waals surface area (Å²) in [6, 6.07) is 0. The molecule has 0 N–H and O–H groups in total. The largest absolute Gasteiger partial charge is 0.469 e. The first kappa shape index (κ1) is 17.9. The van der Waals surface area contributed by atoms with Crippen molar-refractivity contribution in [3.05, 3.63) is 0 Å². The smallest absolute Gasteiger partial charge is 0.321 e. The van der Waals surface area contributed by atoms with Crippen molar-refractivity contribution in [3.63, 3.8) is 0 Å². The Morgan fingerprint density at radius 1 is 1.16 bits per heavy atom. The number of methoxy groups -OCH3 is 1. The predicted octanol–water partition coefficient (Wildman–Crippen LogP) is 0.940. The SMILES string of the molecule is COC(=O)C(C)C(C)S(=O)(=O)CC(=O)OC(C)(C)C. The van der Waals surface area contributed by atoms with Crippen LogP contribution in [0.15, 0.2) is 0 Å². The molecule has 0 aliphatic rings. The molecule has 0 radical (unpaired) electrons. The van der Waals surface area contributed by atoms with Crippen LogP contribution in [0.1, 0.15) is 34.6 Å². The molecule has 0 saturated carbocycles. The fraction of sp³-hybridized carbons (Fsp3) is 0.833. The second kappa shape index (κ2) is 6.36. The fourth-order valence-corrected chi connectivity index (χ4v) is 2.74. The van der Waals surface area contributed by atoms with Crippen molar-refractivity contribution in [2.24, 2.45) is 5.92 Å². The van der Waals surface area contributed by atoms with Gasteiger partial charge in [0.2, 0.25) is 0 Å². The summed E-state index contributed by atoms with van der Waals surface area (Å²) >= 11 is 0. The molecule has 0 saturated heterocycles. The van der Waals surface area contributed by atoms with Crippen molar-refractivity contribution < 1.29 is 27.5 Å². The molecule has 0 aliphatic heterocycles. The Morgan fingerprint density at radius 2 is 1.63 bits per heavy atom. The van der Waals surface area contributed by atoms with E-state index >= 15 is 0 Å². The quantitative estimate of drug-likeness (QED) is 0.701. The first-order valence-corrected chi connectivity index (χ1v) is 7.63. The Bertz CT molecular complexity index is 432. The number of rotatable bonds is 5. The van der Waals surface area contributed by atoms with Crippen LogP contribution >= 0.6 is 0 Å². The normalized spacial score (nSPS) is 15.5. The van der Waals surface area contributed by atoms with Crippen molar-refractivity contribution >= 4 is 21.8 Å². The van der Waals surface area contributed by atoms with E-state index in [0.717, 1.165) is 0 Å². The standard InChI is InChI=1S/C12H22O6S/c1-8(11(14)17-6)9(2)19(15,16)7-10(13)18-12(3,4)5/h8-9H,7H2,1-6H3. The minimum absolute atomic E-state index is 0.625. The lowest BCUT2D eigenvalue weighted by molar-refractivity contribution is -0.151. The highest BCUT2D eigenvalue weighted by Crippen LogP contribution is 2.16. The number of ether oxygens (including phenoxy) is 2. The number of esters is 2. The number of hydrogen-bond donors (Lipinski definition) is 0. The molecule has 0 aromatic rings. The molecule has 0 amide bonds. The van der Waals surface area contributed by atoms with Gasteiger partial charge in [-0.2, -0.15) is 0 Å². The van der Waals surface area contributed by atoms with E-state index in [1.54, 1.807) is 20.8 Å². The number of hydrogen-bond acceptors (Lipinski definition) is 6. The lowest BCUT2D eigenvalue weighted by atomic mass is 10.1. The summed E-state index contributed by atoms with van der Waals surface area (Å²) in [4.78, 5) is 22.8. The van der Waals surface area contributed by atoms with E-state index in [1.165, 1.54) is 21.0 Å². The summed E-state index contributed by atoms with van der Waals surface area (Å²) in [6.45, 7) is 7.78. The van der Waals surface area contributed by atoms with Crippen LogP contribution < -0.4 is 0 Å². The molecule has 2 unspecified atom stereocenters. The molecule has 7 heteroatoms. The third-order valence-electron chi connectivity index (χ3n) is 2.58. The zero-order valence-corrected chi connectivity index (χ0v) is 13.0. The van der Waals surface area contributed by atoms with Crippen LogP contribution in [0, 0.1) is 5.92 Å². The summed E-state index contributed by atoms with van der Waals surface area (Å²) in [5.41, 5.74) is -0.746. The lowest BCUT2D eigenvalue weighted by Crippen LogP contribution is -2.37. The molecule has 0 heterocycles. The van der Waals surface area contributed by atoms with Gasteiger partial charge >= 0.3 is 11.9 Å². The maximum Gasteiger partial charge on any atom is 0.321 e. The topological polar surface area (TPSA) is 86.7 Å². The molecule has 0 aromatic heterocycles.